The number of fused-ring (bicyclic) bond motifs is 1. The molecule has 3 aromatic heterocycles. The Kier molecular flexibility index (Phi) is 4.72. The fourth-order valence-corrected chi connectivity index (χ4v) is 3.20. The highest BCUT2D eigenvalue weighted by molar-refractivity contribution is 6.03. The van der Waals surface area contributed by atoms with Crippen molar-refractivity contribution in [1.29, 1.82) is 0 Å². The zero-order chi connectivity index (χ0) is 21.7. The molecule has 3 N–H and O–H groups in total. The van der Waals surface area contributed by atoms with Crippen LogP contribution in [-0.2, 0) is 11.6 Å². The number of H-pyrrole nitrogens is 1. The van der Waals surface area contributed by atoms with Gasteiger partial charge in [0.05, 0.1) is 27.9 Å². The lowest BCUT2D eigenvalue weighted by molar-refractivity contribution is -0.139. The lowest BCUT2D eigenvalue weighted by Crippen LogP contribution is -2.22. The molecule has 0 saturated carbocycles. The van der Waals surface area contributed by atoms with E-state index in [2.05, 4.69) is 15.0 Å². The van der Waals surface area contributed by atoms with Crippen LogP contribution in [0.5, 0.6) is 0 Å². The van der Waals surface area contributed by atoms with Crippen LogP contribution >= 0.6 is 0 Å². The van der Waals surface area contributed by atoms with Gasteiger partial charge in [0.25, 0.3) is 5.91 Å². The minimum atomic E-state index is -4.61. The Balaban J connectivity index is 2.33. The summed E-state index contributed by atoms with van der Waals surface area (Å²) in [6.07, 6.45) is -3.32. The van der Waals surface area contributed by atoms with E-state index in [4.69, 9.17) is 5.73 Å². The molecule has 3 aromatic rings. The normalized spacial score (nSPS) is 12.4. The van der Waals surface area contributed by atoms with Gasteiger partial charge in [-0.05, 0) is 19.1 Å². The predicted molar refractivity (Wildman–Crippen MR) is 103 cm³/mol. The molecule has 152 valence electrons. The molecule has 9 heteroatoms. The smallest absolute Gasteiger partial charge is 0.364 e. The highest BCUT2D eigenvalue weighted by Crippen LogP contribution is 2.39. The number of nitrogens with two attached hydrogens (primary N) is 1. The second-order valence-electron chi connectivity index (χ2n) is 7.76. The van der Waals surface area contributed by atoms with Gasteiger partial charge in [-0.3, -0.25) is 19.6 Å². The van der Waals surface area contributed by atoms with Gasteiger partial charge in [-0.15, -0.1) is 0 Å². The molecule has 0 fully saturated rings. The number of nitrogens with one attached hydrogen (secondary N) is 1. The van der Waals surface area contributed by atoms with E-state index in [1.54, 1.807) is 27.7 Å². The molecular weight excluding hydrogens is 385 g/mol. The van der Waals surface area contributed by atoms with Crippen LogP contribution in [0.2, 0.25) is 0 Å². The molecule has 1 amide bonds. The Hall–Kier alpha value is -3.23. The molecule has 0 aliphatic rings. The van der Waals surface area contributed by atoms with Crippen molar-refractivity contribution in [3.05, 3.63) is 57.3 Å². The minimum absolute atomic E-state index is 0.0169. The van der Waals surface area contributed by atoms with Crippen molar-refractivity contribution in [2.45, 2.75) is 39.3 Å². The lowest BCUT2D eigenvalue weighted by atomic mass is 9.87. The van der Waals surface area contributed by atoms with Crippen molar-refractivity contribution in [1.82, 2.24) is 15.0 Å². The molecule has 0 unspecified atom stereocenters. The molecule has 0 aromatic carbocycles. The molecule has 6 nitrogen and oxygen atoms in total. The summed E-state index contributed by atoms with van der Waals surface area (Å²) in [5.41, 5.74) is 3.58. The average Bonchev–Trinajstić information content (AvgIpc) is 2.58. The Labute approximate surface area is 164 Å². The summed E-state index contributed by atoms with van der Waals surface area (Å²) in [6, 6.07) is 3.57. The Morgan fingerprint density at radius 1 is 1.17 bits per heavy atom. The average molecular weight is 404 g/mol. The van der Waals surface area contributed by atoms with Gasteiger partial charge in [-0.1, -0.05) is 20.8 Å². The summed E-state index contributed by atoms with van der Waals surface area (Å²) in [4.78, 5) is 35.1. The Morgan fingerprint density at radius 2 is 1.83 bits per heavy atom. The third kappa shape index (κ3) is 3.72. The maximum Gasteiger partial charge on any atom is 0.418 e. The minimum Gasteiger partial charge on any atom is -0.364 e. The number of hydrogen-bond donors (Lipinski definition) is 2. The second kappa shape index (κ2) is 6.68. The van der Waals surface area contributed by atoms with Crippen LogP contribution in [0.1, 0.15) is 48.2 Å². The molecule has 0 radical (unpaired) electrons. The molecular formula is C20H19F3N4O2. The fraction of sp³-hybridized carbons (Fsp3) is 0.300. The first-order chi connectivity index (χ1) is 13.3. The van der Waals surface area contributed by atoms with Crippen molar-refractivity contribution in [2.75, 3.05) is 0 Å². The van der Waals surface area contributed by atoms with E-state index in [1.165, 1.54) is 12.3 Å². The van der Waals surface area contributed by atoms with Crippen LogP contribution in [0.3, 0.4) is 0 Å². The zero-order valence-electron chi connectivity index (χ0n) is 16.2. The number of carbonyl (C=O) groups is 1. The van der Waals surface area contributed by atoms with E-state index in [9.17, 15) is 22.8 Å². The summed E-state index contributed by atoms with van der Waals surface area (Å²) in [7, 11) is 0. The van der Waals surface area contributed by atoms with Crippen LogP contribution in [-0.4, -0.2) is 20.9 Å². The zero-order valence-corrected chi connectivity index (χ0v) is 16.2. The third-order valence-electron chi connectivity index (χ3n) is 4.49. The Bertz CT molecular complexity index is 1190. The number of aromatic nitrogens is 3. The summed E-state index contributed by atoms with van der Waals surface area (Å²) in [5, 5.41) is -0.0169. The molecule has 0 aliphatic carbocycles. The molecule has 29 heavy (non-hydrogen) atoms. The summed E-state index contributed by atoms with van der Waals surface area (Å²) >= 11 is 0. The van der Waals surface area contributed by atoms with Gasteiger partial charge < -0.3 is 10.7 Å². The topological polar surface area (TPSA) is 102 Å². The second-order valence-corrected chi connectivity index (χ2v) is 7.76. The van der Waals surface area contributed by atoms with Crippen LogP contribution < -0.4 is 11.2 Å². The SMILES string of the molecule is Cc1nc(C(C)(C)C)c(C(F)(F)F)cc1-c1cc(=O)c2c(C(N)=O)nccc2[nH]1. The van der Waals surface area contributed by atoms with E-state index in [0.29, 0.717) is 5.69 Å². The van der Waals surface area contributed by atoms with Crippen molar-refractivity contribution in [3.8, 4) is 11.3 Å². The quantitative estimate of drug-likeness (QED) is 0.680. The van der Waals surface area contributed by atoms with Crippen LogP contribution in [0.25, 0.3) is 22.2 Å². The highest BCUT2D eigenvalue weighted by Gasteiger charge is 2.38. The van der Waals surface area contributed by atoms with E-state index >= 15 is 0 Å². The number of aryl methyl sites for hydroxylation is 1. The largest absolute Gasteiger partial charge is 0.418 e. The van der Waals surface area contributed by atoms with Crippen LogP contribution in [0.15, 0.2) is 29.2 Å². The van der Waals surface area contributed by atoms with E-state index in [1.807, 2.05) is 0 Å². The van der Waals surface area contributed by atoms with Crippen molar-refractivity contribution >= 4 is 16.8 Å². The summed E-state index contributed by atoms with van der Waals surface area (Å²) < 4.78 is 41.1. The number of hydrogen-bond acceptors (Lipinski definition) is 4. The maximum absolute atomic E-state index is 13.7. The molecule has 3 heterocycles. The number of aromatic amines is 1. The number of pyridine rings is 3. The number of carbonyl (C=O) groups excluding carboxylic acids is 1. The summed E-state index contributed by atoms with van der Waals surface area (Å²) in [6.45, 7) is 6.54. The van der Waals surface area contributed by atoms with E-state index < -0.39 is 28.5 Å². The molecule has 0 spiro atoms. The van der Waals surface area contributed by atoms with Crippen LogP contribution in [0, 0.1) is 6.92 Å². The number of nitrogens with zero attached hydrogens (tertiary/aromatic N) is 2. The van der Waals surface area contributed by atoms with Gasteiger partial charge in [0, 0.05) is 28.9 Å². The van der Waals surface area contributed by atoms with Gasteiger partial charge in [-0.2, -0.15) is 13.2 Å². The fourth-order valence-electron chi connectivity index (χ4n) is 3.20. The Morgan fingerprint density at radius 3 is 2.38 bits per heavy atom. The first-order valence-corrected chi connectivity index (χ1v) is 8.72. The molecule has 3 rings (SSSR count). The first kappa shape index (κ1) is 20.5. The lowest BCUT2D eigenvalue weighted by Gasteiger charge is -2.24. The number of alkyl halides is 3. The van der Waals surface area contributed by atoms with Crippen LogP contribution in [0.4, 0.5) is 13.2 Å². The maximum atomic E-state index is 13.7. The highest BCUT2D eigenvalue weighted by atomic mass is 19.4. The van der Waals surface area contributed by atoms with E-state index in [-0.39, 0.29) is 33.5 Å². The number of amides is 1. The van der Waals surface area contributed by atoms with Crippen molar-refractivity contribution < 1.29 is 18.0 Å². The number of rotatable bonds is 2. The molecule has 0 saturated heterocycles. The first-order valence-electron chi connectivity index (χ1n) is 8.72. The summed E-state index contributed by atoms with van der Waals surface area (Å²) in [5.74, 6) is -0.874. The van der Waals surface area contributed by atoms with Gasteiger partial charge in [0.2, 0.25) is 0 Å². The monoisotopic (exact) mass is 404 g/mol. The standard InChI is InChI=1S/C20H19F3N4O2/c1-9-10(7-11(20(21,22)23)17(26-9)19(2,3)4)13-8-14(28)15-12(27-13)5-6-25-16(15)18(24)29/h5-8H,1-4H3,(H2,24,29)(H,27,28). The predicted octanol–water partition coefficient (Wildman–Crippen LogP) is 3.71. The van der Waals surface area contributed by atoms with Crippen molar-refractivity contribution in [2.24, 2.45) is 5.73 Å². The van der Waals surface area contributed by atoms with E-state index in [0.717, 1.165) is 12.1 Å². The van der Waals surface area contributed by atoms with Crippen molar-refractivity contribution in [3.63, 3.8) is 0 Å². The molecule has 0 bridgehead atoms. The molecule has 0 atom stereocenters. The third-order valence-corrected chi connectivity index (χ3v) is 4.49. The number of primary amides is 1. The van der Waals surface area contributed by atoms with Gasteiger partial charge in [0.15, 0.2) is 5.43 Å². The number of halogens is 3. The van der Waals surface area contributed by atoms with Gasteiger partial charge in [0.1, 0.15) is 5.69 Å². The van der Waals surface area contributed by atoms with Gasteiger partial charge in [-0.25, -0.2) is 0 Å². The van der Waals surface area contributed by atoms with Gasteiger partial charge >= 0.3 is 6.18 Å². The molecule has 0 aliphatic heterocycles.